The van der Waals surface area contributed by atoms with E-state index in [1.807, 2.05) is 36.0 Å². The summed E-state index contributed by atoms with van der Waals surface area (Å²) in [6.45, 7) is -0.220. The minimum absolute atomic E-state index is 0.144. The second-order valence-corrected chi connectivity index (χ2v) is 8.07. The van der Waals surface area contributed by atoms with E-state index in [1.54, 1.807) is 19.5 Å². The zero-order valence-electron chi connectivity index (χ0n) is 20.0. The Hall–Kier alpha value is -4.80. The molecule has 0 spiro atoms. The van der Waals surface area contributed by atoms with Crippen LogP contribution in [0.2, 0.25) is 0 Å². The van der Waals surface area contributed by atoms with Gasteiger partial charge in [0.2, 0.25) is 0 Å². The molecule has 0 saturated heterocycles. The lowest BCUT2D eigenvalue weighted by atomic mass is 9.91. The number of hydrogen-bond donors (Lipinski definition) is 4. The minimum Gasteiger partial charge on any atom is -0.480 e. The van der Waals surface area contributed by atoms with E-state index in [2.05, 4.69) is 20.3 Å². The summed E-state index contributed by atoms with van der Waals surface area (Å²) < 4.78 is 1.87. The van der Waals surface area contributed by atoms with E-state index >= 15 is 0 Å². The standard InChI is InChI=1S/C25H27N9O2/c1-28-12-18(11-26)15-3-5-16(6-4-15)24-22-19(33-34(24)2)8-7-17-13-30-25(32-23(17)22)31-20(27)9-10-29-14-21(35)36/h3-6,9-13,29H,7-8,14,26H2,1-2H3,(H,35,36)(H2,27,30,31,32)/b10-9-,18-11+,28-12?. The number of amidine groups is 1. The second kappa shape index (κ2) is 10.6. The van der Waals surface area contributed by atoms with Crippen LogP contribution in [0, 0.1) is 0 Å². The summed E-state index contributed by atoms with van der Waals surface area (Å²) in [5, 5.41) is 16.1. The molecule has 4 rings (SSSR count). The molecule has 184 valence electrons. The number of nitrogens with two attached hydrogens (primary N) is 2. The molecule has 11 nitrogen and oxygen atoms in total. The number of allylic oxidation sites excluding steroid dienone is 1. The molecular formula is C25H27N9O2. The monoisotopic (exact) mass is 485 g/mol. The molecule has 0 atom stereocenters. The van der Waals surface area contributed by atoms with Crippen molar-refractivity contribution in [2.75, 3.05) is 13.6 Å². The van der Waals surface area contributed by atoms with Gasteiger partial charge in [0.25, 0.3) is 5.95 Å². The van der Waals surface area contributed by atoms with E-state index < -0.39 is 5.97 Å². The SMILES string of the molecule is CN=C/C(=C\N)c1ccc(-c2c3c(nn2C)CCc2cnc(/N=C(N)\C=C/NCC(=O)O)nc2-3)cc1. The van der Waals surface area contributed by atoms with E-state index in [0.717, 1.165) is 57.8 Å². The normalized spacial score (nSPS) is 13.7. The maximum atomic E-state index is 10.6. The number of aliphatic carboxylic acids is 1. The summed E-state index contributed by atoms with van der Waals surface area (Å²) in [4.78, 5) is 28.0. The smallest absolute Gasteiger partial charge is 0.322 e. The fraction of sp³-hybridized carbons (Fsp3) is 0.200. The molecule has 3 aromatic rings. The lowest BCUT2D eigenvalue weighted by Gasteiger charge is -2.16. The van der Waals surface area contributed by atoms with Gasteiger partial charge in [-0.15, -0.1) is 0 Å². The predicted octanol–water partition coefficient (Wildman–Crippen LogP) is 1.82. The number of aromatic nitrogens is 4. The quantitative estimate of drug-likeness (QED) is 0.276. The first-order chi connectivity index (χ1) is 17.4. The number of nitrogens with one attached hydrogen (secondary N) is 1. The van der Waals surface area contributed by atoms with Crippen LogP contribution in [0.15, 0.2) is 58.9 Å². The maximum absolute atomic E-state index is 10.6. The van der Waals surface area contributed by atoms with Crippen LogP contribution in [0.1, 0.15) is 16.8 Å². The van der Waals surface area contributed by atoms with Crippen LogP contribution in [-0.2, 0) is 24.7 Å². The molecule has 11 heteroatoms. The molecule has 0 saturated carbocycles. The van der Waals surface area contributed by atoms with Gasteiger partial charge < -0.3 is 21.9 Å². The lowest BCUT2D eigenvalue weighted by molar-refractivity contribution is -0.135. The molecule has 2 aromatic heterocycles. The Kier molecular flexibility index (Phi) is 7.19. The zero-order valence-corrected chi connectivity index (χ0v) is 20.0. The van der Waals surface area contributed by atoms with Crippen LogP contribution in [0.25, 0.3) is 28.1 Å². The summed E-state index contributed by atoms with van der Waals surface area (Å²) in [5.41, 5.74) is 19.1. The zero-order chi connectivity index (χ0) is 25.7. The molecule has 1 aromatic carbocycles. The van der Waals surface area contributed by atoms with E-state index in [-0.39, 0.29) is 18.3 Å². The molecular weight excluding hydrogens is 458 g/mol. The van der Waals surface area contributed by atoms with Crippen molar-refractivity contribution in [3.63, 3.8) is 0 Å². The molecule has 0 radical (unpaired) electrons. The van der Waals surface area contributed by atoms with Crippen molar-refractivity contribution in [3.05, 3.63) is 65.8 Å². The first-order valence-corrected chi connectivity index (χ1v) is 11.2. The Labute approximate surface area is 208 Å². The van der Waals surface area contributed by atoms with Crippen LogP contribution >= 0.6 is 0 Å². The average Bonchev–Trinajstić information content (AvgIpc) is 3.21. The fourth-order valence-corrected chi connectivity index (χ4v) is 4.06. The van der Waals surface area contributed by atoms with Crippen molar-refractivity contribution < 1.29 is 9.90 Å². The highest BCUT2D eigenvalue weighted by atomic mass is 16.4. The van der Waals surface area contributed by atoms with Gasteiger partial charge in [0.05, 0.1) is 17.1 Å². The number of carbonyl (C=O) groups is 1. The number of aliphatic imine (C=N–C) groups is 2. The summed E-state index contributed by atoms with van der Waals surface area (Å²) in [6.07, 6.45) is 9.47. The van der Waals surface area contributed by atoms with Crippen molar-refractivity contribution in [2.24, 2.45) is 28.5 Å². The van der Waals surface area contributed by atoms with Gasteiger partial charge in [-0.3, -0.25) is 14.5 Å². The number of rotatable bonds is 8. The average molecular weight is 486 g/mol. The number of fused-ring (bicyclic) bond motifs is 3. The second-order valence-electron chi connectivity index (χ2n) is 8.07. The highest BCUT2D eigenvalue weighted by molar-refractivity contribution is 6.09. The summed E-state index contributed by atoms with van der Waals surface area (Å²) in [6, 6.07) is 8.06. The Bertz CT molecular complexity index is 1400. The van der Waals surface area contributed by atoms with Crippen molar-refractivity contribution in [1.29, 1.82) is 0 Å². The van der Waals surface area contributed by atoms with Gasteiger partial charge in [-0.1, -0.05) is 24.3 Å². The van der Waals surface area contributed by atoms with Crippen LogP contribution in [0.3, 0.4) is 0 Å². The van der Waals surface area contributed by atoms with Gasteiger partial charge in [-0.25, -0.2) is 9.97 Å². The summed E-state index contributed by atoms with van der Waals surface area (Å²) in [5.74, 6) is -0.619. The molecule has 1 aliphatic rings. The minimum atomic E-state index is -0.975. The summed E-state index contributed by atoms with van der Waals surface area (Å²) in [7, 11) is 3.63. The van der Waals surface area contributed by atoms with E-state index in [0.29, 0.717) is 0 Å². The highest BCUT2D eigenvalue weighted by Crippen LogP contribution is 2.39. The van der Waals surface area contributed by atoms with Crippen LogP contribution in [0.5, 0.6) is 0 Å². The molecule has 36 heavy (non-hydrogen) atoms. The fourth-order valence-electron chi connectivity index (χ4n) is 4.06. The van der Waals surface area contributed by atoms with Gasteiger partial charge in [0.15, 0.2) is 0 Å². The van der Waals surface area contributed by atoms with Crippen LogP contribution in [-0.4, -0.2) is 56.5 Å². The third kappa shape index (κ3) is 5.14. The Morgan fingerprint density at radius 1 is 1.28 bits per heavy atom. The third-order valence-corrected chi connectivity index (χ3v) is 5.63. The van der Waals surface area contributed by atoms with Gasteiger partial charge in [-0.2, -0.15) is 10.1 Å². The van der Waals surface area contributed by atoms with Crippen LogP contribution in [0.4, 0.5) is 5.95 Å². The lowest BCUT2D eigenvalue weighted by Crippen LogP contribution is -2.18. The number of carboxylic acid groups (broad SMARTS) is 1. The third-order valence-electron chi connectivity index (χ3n) is 5.63. The van der Waals surface area contributed by atoms with E-state index in [1.165, 1.54) is 18.5 Å². The number of nitrogens with zero attached hydrogens (tertiary/aromatic N) is 6. The Morgan fingerprint density at radius 3 is 2.75 bits per heavy atom. The van der Waals surface area contributed by atoms with Crippen molar-refractivity contribution in [3.8, 4) is 22.5 Å². The number of hydrogen-bond acceptors (Lipinski definition) is 8. The Morgan fingerprint density at radius 2 is 2.06 bits per heavy atom. The van der Waals surface area contributed by atoms with E-state index in [9.17, 15) is 4.79 Å². The highest BCUT2D eigenvalue weighted by Gasteiger charge is 2.27. The van der Waals surface area contributed by atoms with Gasteiger partial charge in [0, 0.05) is 55.6 Å². The molecule has 2 heterocycles. The maximum Gasteiger partial charge on any atom is 0.322 e. The first kappa shape index (κ1) is 24.3. The molecule has 6 N–H and O–H groups in total. The van der Waals surface area contributed by atoms with Crippen molar-refractivity contribution >= 4 is 29.5 Å². The first-order valence-electron chi connectivity index (χ1n) is 11.2. The molecule has 0 unspecified atom stereocenters. The summed E-state index contributed by atoms with van der Waals surface area (Å²) >= 11 is 0. The largest absolute Gasteiger partial charge is 0.480 e. The van der Waals surface area contributed by atoms with Gasteiger partial charge in [0.1, 0.15) is 12.4 Å². The van der Waals surface area contributed by atoms with E-state index in [4.69, 9.17) is 26.7 Å². The molecule has 0 bridgehead atoms. The van der Waals surface area contributed by atoms with Crippen molar-refractivity contribution in [1.82, 2.24) is 25.1 Å². The number of carboxylic acids is 1. The van der Waals surface area contributed by atoms with Gasteiger partial charge >= 0.3 is 5.97 Å². The molecule has 0 aliphatic heterocycles. The molecule has 0 fully saturated rings. The number of benzene rings is 1. The molecule has 1 aliphatic carbocycles. The van der Waals surface area contributed by atoms with Crippen LogP contribution < -0.4 is 16.8 Å². The predicted molar refractivity (Wildman–Crippen MR) is 140 cm³/mol. The van der Waals surface area contributed by atoms with Gasteiger partial charge in [-0.05, 0) is 30.0 Å². The Balaban J connectivity index is 1.70. The number of aryl methyl sites for hydroxylation is 3. The topological polar surface area (TPSA) is 170 Å². The van der Waals surface area contributed by atoms with Crippen molar-refractivity contribution in [2.45, 2.75) is 12.8 Å². The molecule has 0 amide bonds.